The number of oxime groups is 1. The summed E-state index contributed by atoms with van der Waals surface area (Å²) in [6.45, 7) is 1.02. The van der Waals surface area contributed by atoms with E-state index in [0.717, 1.165) is 17.9 Å². The summed E-state index contributed by atoms with van der Waals surface area (Å²) in [7, 11) is 4.61. The molecule has 1 heterocycles. The van der Waals surface area contributed by atoms with Gasteiger partial charge in [-0.25, -0.2) is 9.78 Å². The van der Waals surface area contributed by atoms with Gasteiger partial charge in [0.25, 0.3) is 0 Å². The Morgan fingerprint density at radius 1 is 1.58 bits per heavy atom. The van der Waals surface area contributed by atoms with Crippen molar-refractivity contribution in [2.24, 2.45) is 5.16 Å². The number of thiazole rings is 1. The van der Waals surface area contributed by atoms with Crippen molar-refractivity contribution >= 4 is 58.5 Å². The third kappa shape index (κ3) is 5.16. The van der Waals surface area contributed by atoms with Crippen LogP contribution >= 0.6 is 41.7 Å². The van der Waals surface area contributed by atoms with E-state index in [1.165, 1.54) is 0 Å². The van der Waals surface area contributed by atoms with Gasteiger partial charge < -0.3 is 20.1 Å². The van der Waals surface area contributed by atoms with Gasteiger partial charge >= 0.3 is 5.97 Å². The summed E-state index contributed by atoms with van der Waals surface area (Å²) in [6.07, 6.45) is 0.698. The number of anilines is 1. The Labute approximate surface area is 123 Å². The number of carboxylic acid groups (broad SMARTS) is 1. The molecule has 0 spiro atoms. The van der Waals surface area contributed by atoms with Crippen molar-refractivity contribution in [2.75, 3.05) is 18.2 Å². The van der Waals surface area contributed by atoms with Gasteiger partial charge in [0, 0.05) is 6.54 Å². The van der Waals surface area contributed by atoms with Gasteiger partial charge in [-0.3, -0.25) is 0 Å². The van der Waals surface area contributed by atoms with Crippen LogP contribution in [0, 0.1) is 0 Å². The van der Waals surface area contributed by atoms with Crippen molar-refractivity contribution < 1.29 is 14.7 Å². The standard InChI is InChI=1S/C8H13ClN4O3P2S/c9-6-4(11-8(13-18)19-6)5(7(14)15)12-16-3-1-2-10-17/h10H,1-3,17-18H2,(H,11,13)(H,14,15)/b12-5-. The van der Waals surface area contributed by atoms with Crippen LogP contribution in [0.25, 0.3) is 0 Å². The minimum absolute atomic E-state index is 0.0910. The molecule has 0 saturated carbocycles. The fourth-order valence-electron chi connectivity index (χ4n) is 1.04. The number of carbonyl (C=O) groups is 1. The zero-order chi connectivity index (χ0) is 14.3. The lowest BCUT2D eigenvalue weighted by molar-refractivity contribution is -0.129. The Morgan fingerprint density at radius 2 is 2.32 bits per heavy atom. The quantitative estimate of drug-likeness (QED) is 0.287. The molecule has 7 nitrogen and oxygen atoms in total. The number of aliphatic carboxylic acids is 1. The average molecular weight is 343 g/mol. The molecular formula is C8H13ClN4O3P2S. The van der Waals surface area contributed by atoms with E-state index < -0.39 is 5.97 Å². The van der Waals surface area contributed by atoms with Crippen LogP contribution in [0.3, 0.4) is 0 Å². The van der Waals surface area contributed by atoms with Gasteiger partial charge in [-0.1, -0.05) is 37.5 Å². The maximum atomic E-state index is 11.1. The van der Waals surface area contributed by atoms with E-state index in [9.17, 15) is 4.79 Å². The van der Waals surface area contributed by atoms with Crippen molar-refractivity contribution in [2.45, 2.75) is 6.42 Å². The molecule has 3 N–H and O–H groups in total. The Kier molecular flexibility index (Phi) is 7.49. The highest BCUT2D eigenvalue weighted by Crippen LogP contribution is 2.29. The largest absolute Gasteiger partial charge is 0.476 e. The van der Waals surface area contributed by atoms with Crippen LogP contribution in [0.4, 0.5) is 5.13 Å². The first-order valence-corrected chi connectivity index (χ1v) is 7.45. The first-order chi connectivity index (χ1) is 9.10. The molecule has 0 bridgehead atoms. The number of carboxylic acids is 1. The van der Waals surface area contributed by atoms with Crippen molar-refractivity contribution in [3.63, 3.8) is 0 Å². The highest BCUT2D eigenvalue weighted by molar-refractivity contribution is 7.25. The van der Waals surface area contributed by atoms with Crippen LogP contribution in [-0.4, -0.2) is 34.9 Å². The molecule has 11 heteroatoms. The topological polar surface area (TPSA) is 95.8 Å². The second-order valence-electron chi connectivity index (χ2n) is 3.17. The van der Waals surface area contributed by atoms with Crippen LogP contribution in [0.1, 0.15) is 12.1 Å². The van der Waals surface area contributed by atoms with Crippen molar-refractivity contribution in [1.29, 1.82) is 0 Å². The van der Waals surface area contributed by atoms with E-state index in [2.05, 4.69) is 39.1 Å². The molecule has 2 unspecified atom stereocenters. The summed E-state index contributed by atoms with van der Waals surface area (Å²) in [5, 5.41) is 18.7. The highest BCUT2D eigenvalue weighted by Gasteiger charge is 2.22. The van der Waals surface area contributed by atoms with E-state index in [-0.39, 0.29) is 15.7 Å². The minimum Gasteiger partial charge on any atom is -0.476 e. The maximum absolute atomic E-state index is 11.1. The van der Waals surface area contributed by atoms with E-state index in [4.69, 9.17) is 21.5 Å². The molecule has 1 aromatic heterocycles. The summed E-state index contributed by atoms with van der Waals surface area (Å²) < 4.78 is 0.237. The van der Waals surface area contributed by atoms with Gasteiger partial charge in [0.2, 0.25) is 5.71 Å². The van der Waals surface area contributed by atoms with Crippen LogP contribution in [0.5, 0.6) is 0 Å². The lowest BCUT2D eigenvalue weighted by Crippen LogP contribution is -2.16. The minimum atomic E-state index is -1.24. The smallest absolute Gasteiger partial charge is 0.360 e. The molecule has 1 aromatic rings. The molecule has 0 radical (unpaired) electrons. The summed E-state index contributed by atoms with van der Waals surface area (Å²) in [5.41, 5.74) is -0.222. The van der Waals surface area contributed by atoms with Crippen molar-refractivity contribution in [1.82, 2.24) is 10.1 Å². The van der Waals surface area contributed by atoms with Crippen molar-refractivity contribution in [3.8, 4) is 0 Å². The predicted molar refractivity (Wildman–Crippen MR) is 82.9 cm³/mol. The molecular weight excluding hydrogens is 330 g/mol. The second kappa shape index (κ2) is 8.61. The molecule has 0 aliphatic carbocycles. The molecule has 0 aliphatic heterocycles. The average Bonchev–Trinajstić information content (AvgIpc) is 2.74. The van der Waals surface area contributed by atoms with Crippen LogP contribution in [-0.2, 0) is 9.63 Å². The maximum Gasteiger partial charge on any atom is 0.360 e. The number of hydrogen-bond donors (Lipinski definition) is 3. The molecule has 19 heavy (non-hydrogen) atoms. The lowest BCUT2D eigenvalue weighted by atomic mass is 10.3. The van der Waals surface area contributed by atoms with E-state index in [1.54, 1.807) is 0 Å². The Bertz CT molecular complexity index is 471. The molecule has 2 atom stereocenters. The SMILES string of the molecule is O=C(O)/C(=N\OCCCNP)c1nc(NP)sc1Cl. The molecule has 0 amide bonds. The Hall–Kier alpha value is -0.520. The summed E-state index contributed by atoms with van der Waals surface area (Å²) in [5.74, 6) is -1.24. The fourth-order valence-corrected chi connectivity index (χ4v) is 2.44. The van der Waals surface area contributed by atoms with Gasteiger partial charge in [-0.05, 0) is 15.8 Å². The molecule has 0 aliphatic rings. The van der Waals surface area contributed by atoms with E-state index >= 15 is 0 Å². The predicted octanol–water partition coefficient (Wildman–Crippen LogP) is 1.57. The second-order valence-corrected chi connectivity index (χ2v) is 5.47. The van der Waals surface area contributed by atoms with Gasteiger partial charge in [-0.2, -0.15) is 0 Å². The number of aromatic nitrogens is 1. The van der Waals surface area contributed by atoms with Gasteiger partial charge in [-0.15, -0.1) is 0 Å². The number of nitrogens with one attached hydrogen (secondary N) is 2. The molecule has 0 fully saturated rings. The number of halogens is 1. The van der Waals surface area contributed by atoms with Gasteiger partial charge in [0.1, 0.15) is 16.6 Å². The third-order valence-corrected chi connectivity index (χ3v) is 3.81. The third-order valence-electron chi connectivity index (χ3n) is 1.85. The van der Waals surface area contributed by atoms with Crippen molar-refractivity contribution in [3.05, 3.63) is 10.0 Å². The van der Waals surface area contributed by atoms with Crippen LogP contribution < -0.4 is 10.2 Å². The normalized spacial score (nSPS) is 11.4. The Balaban J connectivity index is 2.79. The molecule has 0 aromatic carbocycles. The fraction of sp³-hybridized carbons (Fsp3) is 0.375. The molecule has 1 rings (SSSR count). The molecule has 0 saturated heterocycles. The zero-order valence-electron chi connectivity index (χ0n) is 9.72. The Morgan fingerprint density at radius 3 is 2.84 bits per heavy atom. The lowest BCUT2D eigenvalue weighted by Gasteiger charge is -2.01. The first-order valence-electron chi connectivity index (χ1n) is 5.10. The highest BCUT2D eigenvalue weighted by atomic mass is 35.5. The first kappa shape index (κ1) is 16.5. The number of hydrogen-bond acceptors (Lipinski definition) is 7. The van der Waals surface area contributed by atoms with E-state index in [0.29, 0.717) is 18.2 Å². The molecule has 106 valence electrons. The number of nitrogens with zero attached hydrogens (tertiary/aromatic N) is 2. The van der Waals surface area contributed by atoms with E-state index in [1.807, 2.05) is 0 Å². The van der Waals surface area contributed by atoms with Gasteiger partial charge in [0.05, 0.1) is 0 Å². The number of rotatable bonds is 8. The summed E-state index contributed by atoms with van der Waals surface area (Å²) in [4.78, 5) is 20.1. The summed E-state index contributed by atoms with van der Waals surface area (Å²) >= 11 is 7.04. The van der Waals surface area contributed by atoms with Crippen LogP contribution in [0.2, 0.25) is 4.34 Å². The monoisotopic (exact) mass is 342 g/mol. The van der Waals surface area contributed by atoms with Crippen LogP contribution in [0.15, 0.2) is 5.16 Å². The zero-order valence-corrected chi connectivity index (χ0v) is 13.6. The summed E-state index contributed by atoms with van der Waals surface area (Å²) in [6, 6.07) is 0. The van der Waals surface area contributed by atoms with Gasteiger partial charge in [0.15, 0.2) is 5.13 Å².